The Morgan fingerprint density at radius 2 is 2.21 bits per heavy atom. The molecule has 3 rings (SSSR count). The van der Waals surface area contributed by atoms with Crippen LogP contribution in [-0.2, 0) is 5.75 Å². The number of fused-ring (bicyclic) bond motifs is 1. The van der Waals surface area contributed by atoms with E-state index in [2.05, 4.69) is 4.98 Å². The van der Waals surface area contributed by atoms with Crippen LogP contribution in [0.4, 0.5) is 0 Å². The highest BCUT2D eigenvalue weighted by molar-refractivity contribution is 7.99. The molecule has 0 radical (unpaired) electrons. The summed E-state index contributed by atoms with van der Waals surface area (Å²) in [6, 6.07) is 1.69. The Labute approximate surface area is 121 Å². The number of hydrogen-bond donors (Lipinski definition) is 0. The quantitative estimate of drug-likeness (QED) is 0.867. The zero-order valence-corrected chi connectivity index (χ0v) is 12.7. The Bertz CT molecular complexity index is 626. The van der Waals surface area contributed by atoms with Crippen LogP contribution in [-0.4, -0.2) is 14.6 Å². The van der Waals surface area contributed by atoms with Gasteiger partial charge in [-0.15, -0.1) is 11.3 Å². The second-order valence-electron chi connectivity index (χ2n) is 5.15. The predicted molar refractivity (Wildman–Crippen MR) is 82.2 cm³/mol. The topological polar surface area (TPSA) is 34.4 Å². The summed E-state index contributed by atoms with van der Waals surface area (Å²) in [7, 11) is 0. The molecular weight excluding hydrogens is 276 g/mol. The standard InChI is InChI=1S/C14H18N2OS2/c1-10-8-16-13(17)7-11(15-14(16)19-10)9-18-12-5-3-2-4-6-12/h7-8,12H,2-6,9H2,1H3. The van der Waals surface area contributed by atoms with E-state index in [1.165, 1.54) is 32.1 Å². The molecule has 0 amide bonds. The van der Waals surface area contributed by atoms with Crippen LogP contribution in [0, 0.1) is 6.92 Å². The molecule has 2 aromatic heterocycles. The van der Waals surface area contributed by atoms with Crippen molar-refractivity contribution in [3.8, 4) is 0 Å². The molecule has 3 nitrogen and oxygen atoms in total. The van der Waals surface area contributed by atoms with E-state index in [0.717, 1.165) is 26.5 Å². The first kappa shape index (κ1) is 13.2. The van der Waals surface area contributed by atoms with Crippen molar-refractivity contribution in [2.45, 2.75) is 50.0 Å². The van der Waals surface area contributed by atoms with Crippen molar-refractivity contribution >= 4 is 28.1 Å². The van der Waals surface area contributed by atoms with Crippen molar-refractivity contribution in [3.63, 3.8) is 0 Å². The van der Waals surface area contributed by atoms with E-state index in [1.54, 1.807) is 21.8 Å². The number of hydrogen-bond acceptors (Lipinski definition) is 4. The molecule has 0 saturated heterocycles. The van der Waals surface area contributed by atoms with Crippen molar-refractivity contribution < 1.29 is 0 Å². The number of aromatic nitrogens is 2. The molecule has 0 N–H and O–H groups in total. The normalized spacial score (nSPS) is 17.1. The number of nitrogens with zero attached hydrogens (tertiary/aromatic N) is 2. The van der Waals surface area contributed by atoms with Crippen molar-refractivity contribution in [2.75, 3.05) is 0 Å². The van der Waals surface area contributed by atoms with Crippen LogP contribution < -0.4 is 5.56 Å². The molecule has 0 aliphatic heterocycles. The Morgan fingerprint density at radius 3 is 3.00 bits per heavy atom. The fraction of sp³-hybridized carbons (Fsp3) is 0.571. The van der Waals surface area contributed by atoms with Crippen LogP contribution in [0.25, 0.3) is 4.96 Å². The first-order chi connectivity index (χ1) is 9.22. The van der Waals surface area contributed by atoms with Crippen LogP contribution in [0.5, 0.6) is 0 Å². The van der Waals surface area contributed by atoms with Crippen molar-refractivity contribution in [3.05, 3.63) is 33.2 Å². The monoisotopic (exact) mass is 294 g/mol. The van der Waals surface area contributed by atoms with Crippen LogP contribution in [0.3, 0.4) is 0 Å². The van der Waals surface area contributed by atoms with E-state index in [-0.39, 0.29) is 5.56 Å². The summed E-state index contributed by atoms with van der Waals surface area (Å²) >= 11 is 3.55. The van der Waals surface area contributed by atoms with E-state index < -0.39 is 0 Å². The lowest BCUT2D eigenvalue weighted by molar-refractivity contribution is 0.516. The van der Waals surface area contributed by atoms with Gasteiger partial charge < -0.3 is 0 Å². The van der Waals surface area contributed by atoms with Gasteiger partial charge in [-0.3, -0.25) is 9.20 Å². The minimum absolute atomic E-state index is 0.0496. The Kier molecular flexibility index (Phi) is 3.93. The molecule has 2 heterocycles. The summed E-state index contributed by atoms with van der Waals surface area (Å²) in [5, 5.41) is 0.763. The van der Waals surface area contributed by atoms with E-state index in [1.807, 2.05) is 24.9 Å². The highest BCUT2D eigenvalue weighted by atomic mass is 32.2. The smallest absolute Gasteiger partial charge is 0.258 e. The van der Waals surface area contributed by atoms with E-state index in [0.29, 0.717) is 0 Å². The van der Waals surface area contributed by atoms with Gasteiger partial charge in [-0.05, 0) is 19.8 Å². The molecule has 1 aliphatic rings. The summed E-state index contributed by atoms with van der Waals surface area (Å²) < 4.78 is 1.65. The van der Waals surface area contributed by atoms with Gasteiger partial charge in [0.25, 0.3) is 5.56 Å². The molecule has 1 saturated carbocycles. The first-order valence-electron chi connectivity index (χ1n) is 6.83. The van der Waals surface area contributed by atoms with Crippen LogP contribution in [0.1, 0.15) is 42.7 Å². The third-order valence-electron chi connectivity index (χ3n) is 3.56. The predicted octanol–water partition coefficient (Wildman–Crippen LogP) is 3.63. The van der Waals surface area contributed by atoms with Gasteiger partial charge in [0, 0.05) is 28.1 Å². The minimum atomic E-state index is 0.0496. The zero-order valence-electron chi connectivity index (χ0n) is 11.1. The van der Waals surface area contributed by atoms with Gasteiger partial charge in [-0.2, -0.15) is 11.8 Å². The molecule has 19 heavy (non-hydrogen) atoms. The molecule has 0 aromatic carbocycles. The maximum absolute atomic E-state index is 12.0. The number of aryl methyl sites for hydroxylation is 1. The second kappa shape index (κ2) is 5.67. The zero-order chi connectivity index (χ0) is 13.2. The molecule has 0 unspecified atom stereocenters. The highest BCUT2D eigenvalue weighted by Gasteiger charge is 2.14. The minimum Gasteiger partial charge on any atom is -0.269 e. The first-order valence-corrected chi connectivity index (χ1v) is 8.69. The van der Waals surface area contributed by atoms with Crippen molar-refractivity contribution in [2.24, 2.45) is 0 Å². The average molecular weight is 294 g/mol. The van der Waals surface area contributed by atoms with Gasteiger partial charge >= 0.3 is 0 Å². The van der Waals surface area contributed by atoms with Gasteiger partial charge in [0.2, 0.25) is 0 Å². The fourth-order valence-corrected chi connectivity index (χ4v) is 4.64. The van der Waals surface area contributed by atoms with Crippen LogP contribution in [0.2, 0.25) is 0 Å². The molecule has 0 spiro atoms. The SMILES string of the molecule is Cc1cn2c(=O)cc(CSC3CCCCC3)nc2s1. The van der Waals surface area contributed by atoms with Crippen LogP contribution >= 0.6 is 23.1 Å². The van der Waals surface area contributed by atoms with Crippen molar-refractivity contribution in [1.29, 1.82) is 0 Å². The lowest BCUT2D eigenvalue weighted by Gasteiger charge is -2.20. The highest BCUT2D eigenvalue weighted by Crippen LogP contribution is 2.30. The summed E-state index contributed by atoms with van der Waals surface area (Å²) in [5.74, 6) is 0.868. The summed E-state index contributed by atoms with van der Waals surface area (Å²) in [6.07, 6.45) is 8.62. The number of rotatable bonds is 3. The molecule has 1 fully saturated rings. The molecule has 2 aromatic rings. The molecule has 102 valence electrons. The Morgan fingerprint density at radius 1 is 1.42 bits per heavy atom. The average Bonchev–Trinajstić information content (AvgIpc) is 2.79. The molecule has 1 aliphatic carbocycles. The third kappa shape index (κ3) is 3.03. The van der Waals surface area contributed by atoms with Gasteiger partial charge in [-0.1, -0.05) is 19.3 Å². The largest absolute Gasteiger partial charge is 0.269 e. The summed E-state index contributed by atoms with van der Waals surface area (Å²) in [4.78, 5) is 18.5. The molecule has 0 atom stereocenters. The maximum atomic E-state index is 12.0. The summed E-state index contributed by atoms with van der Waals surface area (Å²) in [5.41, 5.74) is 0.982. The number of thiazole rings is 1. The van der Waals surface area contributed by atoms with Gasteiger partial charge in [-0.25, -0.2) is 4.98 Å². The lowest BCUT2D eigenvalue weighted by atomic mass is 10.0. The van der Waals surface area contributed by atoms with Gasteiger partial charge in [0.15, 0.2) is 4.96 Å². The van der Waals surface area contributed by atoms with E-state index in [4.69, 9.17) is 0 Å². The van der Waals surface area contributed by atoms with Crippen LogP contribution in [0.15, 0.2) is 17.1 Å². The molecular formula is C14H18N2OS2. The van der Waals surface area contributed by atoms with E-state index in [9.17, 15) is 4.79 Å². The molecule has 0 bridgehead atoms. The fourth-order valence-electron chi connectivity index (χ4n) is 2.57. The van der Waals surface area contributed by atoms with Crippen molar-refractivity contribution in [1.82, 2.24) is 9.38 Å². The maximum Gasteiger partial charge on any atom is 0.258 e. The lowest BCUT2D eigenvalue weighted by Crippen LogP contribution is -2.14. The second-order valence-corrected chi connectivity index (χ2v) is 7.65. The Hall–Kier alpha value is -0.810. The third-order valence-corrected chi connectivity index (χ3v) is 5.86. The molecule has 5 heteroatoms. The van der Waals surface area contributed by atoms with Gasteiger partial charge in [0.05, 0.1) is 5.69 Å². The Balaban J connectivity index is 1.75. The summed E-state index contributed by atoms with van der Waals surface area (Å²) in [6.45, 7) is 2.01. The number of thioether (sulfide) groups is 1. The van der Waals surface area contributed by atoms with Gasteiger partial charge in [0.1, 0.15) is 0 Å². The van der Waals surface area contributed by atoms with E-state index >= 15 is 0 Å².